The van der Waals surface area contributed by atoms with Crippen molar-refractivity contribution in [1.82, 2.24) is 19.9 Å². The van der Waals surface area contributed by atoms with Gasteiger partial charge in [-0.2, -0.15) is 0 Å². The molecule has 4 N–H and O–H groups in total. The Morgan fingerprint density at radius 1 is 0.812 bits per heavy atom. The molecule has 0 aromatic carbocycles. The van der Waals surface area contributed by atoms with Gasteiger partial charge in [0.2, 0.25) is 0 Å². The van der Waals surface area contributed by atoms with E-state index in [-0.39, 0.29) is 36.0 Å². The van der Waals surface area contributed by atoms with Gasteiger partial charge < -0.3 is 11.8 Å². The summed E-state index contributed by atoms with van der Waals surface area (Å²) in [7, 11) is 0. The van der Waals surface area contributed by atoms with Crippen LogP contribution in [0.4, 0.5) is 0 Å². The molecule has 88 valence electrons. The van der Waals surface area contributed by atoms with E-state index in [4.69, 9.17) is 11.8 Å². The van der Waals surface area contributed by atoms with Crippen LogP contribution in [0.2, 0.25) is 0 Å². The topological polar surface area (TPSA) is 138 Å². The molecule has 2 aromatic rings. The lowest BCUT2D eigenvalue weighted by Gasteiger charge is -1.83. The molecule has 10 heteroatoms. The predicted molar refractivity (Wildman–Crippen MR) is 59.6 cm³/mol. The van der Waals surface area contributed by atoms with E-state index in [1.165, 1.54) is 0 Å². The summed E-state index contributed by atoms with van der Waals surface area (Å²) in [6.07, 6.45) is 0. The highest BCUT2D eigenvalue weighted by Crippen LogP contribution is 1.88. The van der Waals surface area contributed by atoms with E-state index < -0.39 is 16.9 Å². The van der Waals surface area contributed by atoms with E-state index >= 15 is 0 Å². The minimum absolute atomic E-state index is 0. The first-order chi connectivity index (χ1) is 6.66. The minimum atomic E-state index is -0.650. The Balaban J connectivity index is 0. The molecular weight excluding hydrogens is 261 g/mol. The highest BCUT2D eigenvalue weighted by molar-refractivity contribution is 5.85. The van der Waals surface area contributed by atoms with Crippen molar-refractivity contribution in [2.75, 3.05) is 0 Å². The summed E-state index contributed by atoms with van der Waals surface area (Å²) in [5.41, 5.74) is -1.65. The van der Waals surface area contributed by atoms with Crippen molar-refractivity contribution in [3.8, 4) is 0 Å². The van der Waals surface area contributed by atoms with Gasteiger partial charge in [-0.15, -0.1) is 24.8 Å². The number of halogens is 2. The maximum absolute atomic E-state index is 10.9. The molecule has 2 rings (SSSR count). The lowest BCUT2D eigenvalue weighted by atomic mass is 10.5. The lowest BCUT2D eigenvalue weighted by molar-refractivity contribution is 1.07. The zero-order chi connectivity index (χ0) is 10.7. The number of fused-ring (bicyclic) bond motifs is 1. The average Bonchev–Trinajstić information content (AvgIpc) is 2.49. The molecule has 0 radical (unpaired) electrons. The smallest absolute Gasteiger partial charge is 0.327 e. The summed E-state index contributed by atoms with van der Waals surface area (Å²) in [4.78, 5) is 41.0. The number of nitrogens with zero attached hydrogens (tertiary/aromatic N) is 1. The summed E-state index contributed by atoms with van der Waals surface area (Å²) in [5, 5.41) is 6.25. The summed E-state index contributed by atoms with van der Waals surface area (Å²) in [5.74, 6) is 0. The fraction of sp³-hybridized carbons (Fsp3) is 0. The van der Waals surface area contributed by atoms with Crippen molar-refractivity contribution in [2.45, 2.75) is 0 Å². The van der Waals surface area contributed by atoms with Crippen molar-refractivity contribution in [3.05, 3.63) is 37.9 Å². The van der Waals surface area contributed by atoms with Crippen molar-refractivity contribution < 1.29 is 0 Å². The predicted octanol–water partition coefficient (Wildman–Crippen LogP) is -0.827. The van der Waals surface area contributed by atoms with Gasteiger partial charge >= 0.3 is 11.4 Å². The molecular formula is C6H6Cl2N5O3-. The van der Waals surface area contributed by atoms with Crippen LogP contribution in [0, 0.1) is 11.8 Å². The maximum Gasteiger partial charge on any atom is 0.327 e. The molecule has 0 amide bonds. The summed E-state index contributed by atoms with van der Waals surface area (Å²) in [6.45, 7) is 4.75. The quantitative estimate of drug-likeness (QED) is 0.463. The van der Waals surface area contributed by atoms with Crippen molar-refractivity contribution in [1.29, 1.82) is 5.26 Å². The normalized spacial score (nSPS) is 8.12. The highest BCUT2D eigenvalue weighted by Gasteiger charge is 2.02. The molecule has 0 unspecified atom stereocenters. The second-order valence-electron chi connectivity index (χ2n) is 2.24. The van der Waals surface area contributed by atoms with E-state index in [1.54, 1.807) is 0 Å². The number of H-pyrrole nitrogens is 4. The van der Waals surface area contributed by atoms with Crippen LogP contribution in [0.15, 0.2) is 14.4 Å². The first kappa shape index (κ1) is 16.4. The van der Waals surface area contributed by atoms with Gasteiger partial charge in [0, 0.05) is 0 Å². The third-order valence-electron chi connectivity index (χ3n) is 1.42. The molecule has 2 aromatic heterocycles. The largest absolute Gasteiger partial charge is 0.512 e. The number of imidazole rings is 1. The second kappa shape index (κ2) is 6.49. The van der Waals surface area contributed by atoms with E-state index in [0.29, 0.717) is 0 Å². The van der Waals surface area contributed by atoms with Crippen molar-refractivity contribution in [2.24, 2.45) is 0 Å². The van der Waals surface area contributed by atoms with Crippen LogP contribution in [-0.4, -0.2) is 19.9 Å². The van der Waals surface area contributed by atoms with Crippen LogP contribution < -0.4 is 16.9 Å². The third-order valence-corrected chi connectivity index (χ3v) is 1.42. The van der Waals surface area contributed by atoms with Crippen LogP contribution in [0.5, 0.6) is 0 Å². The average molecular weight is 267 g/mol. The van der Waals surface area contributed by atoms with Gasteiger partial charge in [-0.25, -0.2) is 9.59 Å². The van der Waals surface area contributed by atoms with Gasteiger partial charge in [-0.05, 0) is 0 Å². The van der Waals surface area contributed by atoms with Gasteiger partial charge in [0.1, 0.15) is 11.2 Å². The number of aromatic nitrogens is 4. The number of aromatic amines is 4. The molecule has 0 spiro atoms. The fourth-order valence-electron chi connectivity index (χ4n) is 0.958. The zero-order valence-corrected chi connectivity index (χ0v) is 9.12. The summed E-state index contributed by atoms with van der Waals surface area (Å²) in [6, 6.07) is 0. The van der Waals surface area contributed by atoms with Crippen LogP contribution in [0.3, 0.4) is 0 Å². The standard InChI is InChI=1S/C5H4N4O3.CN.2ClH/c10-3-1-2(7-4(11)6-1)8-5(12)9-3;1-2;;/h(H4,6,7,8,9,10,11,12);;2*1H/q;-1;;. The van der Waals surface area contributed by atoms with E-state index in [1.807, 2.05) is 4.98 Å². The van der Waals surface area contributed by atoms with E-state index in [2.05, 4.69) is 15.0 Å². The van der Waals surface area contributed by atoms with E-state index in [9.17, 15) is 14.4 Å². The molecule has 0 aliphatic heterocycles. The lowest BCUT2D eigenvalue weighted by Crippen LogP contribution is -2.21. The van der Waals surface area contributed by atoms with Crippen LogP contribution in [-0.2, 0) is 0 Å². The molecule has 0 aliphatic carbocycles. The molecule has 0 bridgehead atoms. The fourth-order valence-corrected chi connectivity index (χ4v) is 0.958. The van der Waals surface area contributed by atoms with Crippen LogP contribution >= 0.6 is 24.8 Å². The van der Waals surface area contributed by atoms with Crippen molar-refractivity contribution >= 4 is 36.0 Å². The number of nitrogens with one attached hydrogen (secondary N) is 4. The first-order valence-electron chi connectivity index (χ1n) is 3.34. The maximum atomic E-state index is 10.9. The molecule has 16 heavy (non-hydrogen) atoms. The Morgan fingerprint density at radius 2 is 1.25 bits per heavy atom. The summed E-state index contributed by atoms with van der Waals surface area (Å²) < 4.78 is 0. The van der Waals surface area contributed by atoms with Gasteiger partial charge in [0.05, 0.1) is 0 Å². The SMILES string of the molecule is Cl.Cl.O=c1[nH]c(=O)c2[nH]c(=O)[nH]c2[nH]1.[C-]#N. The molecule has 0 fully saturated rings. The van der Waals surface area contributed by atoms with Gasteiger partial charge in [-0.1, -0.05) is 0 Å². The Morgan fingerprint density at radius 3 is 1.75 bits per heavy atom. The van der Waals surface area contributed by atoms with Crippen LogP contribution in [0.1, 0.15) is 0 Å². The van der Waals surface area contributed by atoms with Gasteiger partial charge in [0.25, 0.3) is 5.56 Å². The molecule has 0 saturated heterocycles. The minimum Gasteiger partial charge on any atom is -0.512 e. The molecule has 0 saturated carbocycles. The number of hydrogen-bond donors (Lipinski definition) is 4. The zero-order valence-electron chi connectivity index (χ0n) is 7.49. The van der Waals surface area contributed by atoms with Crippen LogP contribution in [0.25, 0.3) is 11.2 Å². The van der Waals surface area contributed by atoms with Gasteiger partial charge in [-0.3, -0.25) is 24.7 Å². The monoisotopic (exact) mass is 266 g/mol. The van der Waals surface area contributed by atoms with Crippen molar-refractivity contribution in [3.63, 3.8) is 0 Å². The molecule has 2 heterocycles. The Bertz CT molecular complexity index is 633. The number of rotatable bonds is 0. The number of hydrogen-bond acceptors (Lipinski definition) is 4. The highest BCUT2D eigenvalue weighted by atomic mass is 35.5. The molecule has 0 aliphatic rings. The second-order valence-corrected chi connectivity index (χ2v) is 2.24. The third kappa shape index (κ3) is 3.01. The Kier molecular flexibility index (Phi) is 6.68. The van der Waals surface area contributed by atoms with Gasteiger partial charge in [0.15, 0.2) is 0 Å². The Hall–Kier alpha value is -1.98. The van der Waals surface area contributed by atoms with E-state index in [0.717, 1.165) is 0 Å². The first-order valence-corrected chi connectivity index (χ1v) is 3.34. The molecule has 8 nitrogen and oxygen atoms in total. The summed E-state index contributed by atoms with van der Waals surface area (Å²) >= 11 is 0. The Labute approximate surface area is 99.5 Å². The molecule has 0 atom stereocenters.